The standard InChI is InChI=1S/C19H24N2O3/c1-21-16-6-4-14(9-12(16)5-7-17(21)23)19(24)20-18-13-3-2-11(8-13)15(18)10-22/h4,6,9,11,13,15,18,22H,2-3,5,7-8,10H2,1H3,(H,20,24). The van der Waals surface area contributed by atoms with E-state index in [0.29, 0.717) is 30.2 Å². The molecular formula is C19H24N2O3. The molecule has 2 saturated carbocycles. The highest BCUT2D eigenvalue weighted by Crippen LogP contribution is 2.48. The molecule has 2 aliphatic carbocycles. The van der Waals surface area contributed by atoms with Crippen LogP contribution in [0.5, 0.6) is 0 Å². The summed E-state index contributed by atoms with van der Waals surface area (Å²) in [6, 6.07) is 5.67. The average molecular weight is 328 g/mol. The molecule has 0 aromatic heterocycles. The Bertz CT molecular complexity index is 687. The third-order valence-corrected chi connectivity index (χ3v) is 6.28. The van der Waals surface area contributed by atoms with E-state index in [1.807, 2.05) is 12.1 Å². The number of hydrogen-bond donors (Lipinski definition) is 2. The fourth-order valence-corrected chi connectivity index (χ4v) is 4.93. The minimum Gasteiger partial charge on any atom is -0.396 e. The first-order valence-corrected chi connectivity index (χ1v) is 8.89. The molecule has 2 bridgehead atoms. The van der Waals surface area contributed by atoms with Crippen LogP contribution in [0.4, 0.5) is 5.69 Å². The van der Waals surface area contributed by atoms with Gasteiger partial charge in [-0.3, -0.25) is 9.59 Å². The topological polar surface area (TPSA) is 69.6 Å². The zero-order chi connectivity index (χ0) is 16.8. The molecule has 2 fully saturated rings. The van der Waals surface area contributed by atoms with Crippen LogP contribution in [0.2, 0.25) is 0 Å². The van der Waals surface area contributed by atoms with Gasteiger partial charge in [-0.2, -0.15) is 0 Å². The van der Waals surface area contributed by atoms with Crippen molar-refractivity contribution in [2.75, 3.05) is 18.6 Å². The van der Waals surface area contributed by atoms with Gasteiger partial charge in [0.1, 0.15) is 0 Å². The quantitative estimate of drug-likeness (QED) is 0.888. The summed E-state index contributed by atoms with van der Waals surface area (Å²) in [5, 5.41) is 12.8. The van der Waals surface area contributed by atoms with E-state index >= 15 is 0 Å². The summed E-state index contributed by atoms with van der Waals surface area (Å²) < 4.78 is 0. The second kappa shape index (κ2) is 5.88. The molecule has 4 rings (SSSR count). The minimum absolute atomic E-state index is 0.0617. The van der Waals surface area contributed by atoms with Crippen molar-refractivity contribution in [3.63, 3.8) is 0 Å². The monoisotopic (exact) mass is 328 g/mol. The van der Waals surface area contributed by atoms with E-state index in [1.165, 1.54) is 6.42 Å². The summed E-state index contributed by atoms with van der Waals surface area (Å²) in [7, 11) is 1.78. The van der Waals surface area contributed by atoms with E-state index in [4.69, 9.17) is 0 Å². The van der Waals surface area contributed by atoms with Crippen LogP contribution >= 0.6 is 0 Å². The Labute approximate surface area is 142 Å². The molecule has 2 N–H and O–H groups in total. The van der Waals surface area contributed by atoms with Crippen LogP contribution in [0.3, 0.4) is 0 Å². The summed E-state index contributed by atoms with van der Waals surface area (Å²) in [5.74, 6) is 1.33. The molecule has 0 spiro atoms. The Morgan fingerprint density at radius 2 is 2.08 bits per heavy atom. The van der Waals surface area contributed by atoms with Gasteiger partial charge in [-0.1, -0.05) is 0 Å². The van der Waals surface area contributed by atoms with Crippen molar-refractivity contribution in [1.82, 2.24) is 5.32 Å². The fraction of sp³-hybridized carbons (Fsp3) is 0.579. The van der Waals surface area contributed by atoms with Gasteiger partial charge in [0.05, 0.1) is 0 Å². The molecular weight excluding hydrogens is 304 g/mol. The van der Waals surface area contributed by atoms with Gasteiger partial charge in [-0.15, -0.1) is 0 Å². The van der Waals surface area contributed by atoms with E-state index in [1.54, 1.807) is 18.0 Å². The predicted molar refractivity (Wildman–Crippen MR) is 90.8 cm³/mol. The number of hydrogen-bond acceptors (Lipinski definition) is 3. The summed E-state index contributed by atoms with van der Waals surface area (Å²) in [6.07, 6.45) is 4.65. The molecule has 5 nitrogen and oxygen atoms in total. The van der Waals surface area contributed by atoms with Gasteiger partial charge in [-0.05, 0) is 61.3 Å². The highest BCUT2D eigenvalue weighted by molar-refractivity contribution is 5.99. The molecule has 0 saturated heterocycles. The summed E-state index contributed by atoms with van der Waals surface area (Å²) >= 11 is 0. The van der Waals surface area contributed by atoms with Crippen LogP contribution < -0.4 is 10.2 Å². The van der Waals surface area contributed by atoms with Crippen LogP contribution in [0.15, 0.2) is 18.2 Å². The third-order valence-electron chi connectivity index (χ3n) is 6.28. The van der Waals surface area contributed by atoms with Gasteiger partial charge >= 0.3 is 0 Å². The molecule has 4 atom stereocenters. The Balaban J connectivity index is 1.52. The van der Waals surface area contributed by atoms with Crippen molar-refractivity contribution < 1.29 is 14.7 Å². The Morgan fingerprint density at radius 3 is 2.88 bits per heavy atom. The van der Waals surface area contributed by atoms with E-state index in [-0.39, 0.29) is 30.4 Å². The van der Waals surface area contributed by atoms with Crippen LogP contribution in [0.1, 0.15) is 41.6 Å². The van der Waals surface area contributed by atoms with Crippen molar-refractivity contribution in [2.24, 2.45) is 17.8 Å². The lowest BCUT2D eigenvalue weighted by atomic mass is 9.85. The number of aryl methyl sites for hydroxylation is 1. The first kappa shape index (κ1) is 15.6. The smallest absolute Gasteiger partial charge is 0.251 e. The Morgan fingerprint density at radius 1 is 1.29 bits per heavy atom. The van der Waals surface area contributed by atoms with Crippen LogP contribution in [0, 0.1) is 17.8 Å². The Kier molecular flexibility index (Phi) is 3.83. The van der Waals surface area contributed by atoms with Crippen molar-refractivity contribution in [2.45, 2.75) is 38.1 Å². The van der Waals surface area contributed by atoms with Gasteiger partial charge in [0, 0.05) is 43.3 Å². The number of carbonyl (C=O) groups excluding carboxylic acids is 2. The average Bonchev–Trinajstić information content (AvgIpc) is 3.19. The van der Waals surface area contributed by atoms with E-state index < -0.39 is 0 Å². The lowest BCUT2D eigenvalue weighted by Gasteiger charge is -2.31. The van der Waals surface area contributed by atoms with Gasteiger partial charge in [0.2, 0.25) is 5.91 Å². The molecule has 0 radical (unpaired) electrons. The van der Waals surface area contributed by atoms with Crippen molar-refractivity contribution in [3.05, 3.63) is 29.3 Å². The summed E-state index contributed by atoms with van der Waals surface area (Å²) in [4.78, 5) is 26.1. The molecule has 3 aliphatic rings. The summed E-state index contributed by atoms with van der Waals surface area (Å²) in [5.41, 5.74) is 2.60. The second-order valence-corrected chi connectivity index (χ2v) is 7.48. The number of fused-ring (bicyclic) bond motifs is 3. The molecule has 2 amide bonds. The number of aliphatic hydroxyl groups is 1. The van der Waals surface area contributed by atoms with Gasteiger partial charge < -0.3 is 15.3 Å². The van der Waals surface area contributed by atoms with Crippen molar-refractivity contribution >= 4 is 17.5 Å². The van der Waals surface area contributed by atoms with Crippen LogP contribution in [0.25, 0.3) is 0 Å². The molecule has 4 unspecified atom stereocenters. The molecule has 24 heavy (non-hydrogen) atoms. The number of anilines is 1. The largest absolute Gasteiger partial charge is 0.396 e. The molecule has 128 valence electrons. The maximum atomic E-state index is 12.7. The van der Waals surface area contributed by atoms with Gasteiger partial charge in [0.15, 0.2) is 0 Å². The van der Waals surface area contributed by atoms with Crippen molar-refractivity contribution in [3.8, 4) is 0 Å². The number of benzene rings is 1. The highest BCUT2D eigenvalue weighted by atomic mass is 16.3. The fourth-order valence-electron chi connectivity index (χ4n) is 4.93. The molecule has 1 aliphatic heterocycles. The van der Waals surface area contributed by atoms with E-state index in [0.717, 1.165) is 24.1 Å². The molecule has 1 heterocycles. The van der Waals surface area contributed by atoms with Crippen molar-refractivity contribution in [1.29, 1.82) is 0 Å². The zero-order valence-corrected chi connectivity index (χ0v) is 14.0. The lowest BCUT2D eigenvalue weighted by Crippen LogP contribution is -2.45. The van der Waals surface area contributed by atoms with Gasteiger partial charge in [-0.25, -0.2) is 0 Å². The van der Waals surface area contributed by atoms with Crippen LogP contribution in [-0.2, 0) is 11.2 Å². The number of amides is 2. The minimum atomic E-state index is -0.0617. The maximum absolute atomic E-state index is 12.7. The Hall–Kier alpha value is -1.88. The molecule has 1 aromatic rings. The number of nitrogens with one attached hydrogen (secondary N) is 1. The molecule has 5 heteroatoms. The zero-order valence-electron chi connectivity index (χ0n) is 14.0. The number of carbonyl (C=O) groups is 2. The first-order chi connectivity index (χ1) is 11.6. The SMILES string of the molecule is CN1C(=O)CCc2cc(C(=O)NC3C4CCC(C4)C3CO)ccc21. The maximum Gasteiger partial charge on any atom is 0.251 e. The number of rotatable bonds is 3. The number of nitrogens with zero attached hydrogens (tertiary/aromatic N) is 1. The highest BCUT2D eigenvalue weighted by Gasteiger charge is 2.47. The number of aliphatic hydroxyl groups excluding tert-OH is 1. The first-order valence-electron chi connectivity index (χ1n) is 8.89. The lowest BCUT2D eigenvalue weighted by molar-refractivity contribution is -0.118. The van der Waals surface area contributed by atoms with Gasteiger partial charge in [0.25, 0.3) is 5.91 Å². The normalized spacial score (nSPS) is 31.2. The predicted octanol–water partition coefficient (Wildman–Crippen LogP) is 1.73. The molecule has 1 aromatic carbocycles. The summed E-state index contributed by atoms with van der Waals surface area (Å²) in [6.45, 7) is 0.156. The van der Waals surface area contributed by atoms with E-state index in [2.05, 4.69) is 5.32 Å². The second-order valence-electron chi connectivity index (χ2n) is 7.48. The van der Waals surface area contributed by atoms with Crippen LogP contribution in [-0.4, -0.2) is 36.6 Å². The third kappa shape index (κ3) is 2.42. The van der Waals surface area contributed by atoms with E-state index in [9.17, 15) is 14.7 Å².